The summed E-state index contributed by atoms with van der Waals surface area (Å²) in [7, 11) is 0. The van der Waals surface area contributed by atoms with Gasteiger partial charge in [-0.15, -0.1) is 0 Å². The Morgan fingerprint density at radius 3 is 2.41 bits per heavy atom. The minimum absolute atomic E-state index is 0. The van der Waals surface area contributed by atoms with Gasteiger partial charge in [-0.05, 0) is 67.3 Å². The van der Waals surface area contributed by atoms with Gasteiger partial charge in [0.25, 0.3) is 0 Å². The van der Waals surface area contributed by atoms with Gasteiger partial charge in [0.2, 0.25) is 0 Å². The monoisotopic (exact) mass is 548 g/mol. The molecule has 0 N–H and O–H groups in total. The van der Waals surface area contributed by atoms with Gasteiger partial charge >= 0.3 is 0 Å². The Kier molecular flexibility index (Phi) is 7.33. The fourth-order valence-corrected chi connectivity index (χ4v) is 5.40. The van der Waals surface area contributed by atoms with Crippen LogP contribution in [0.25, 0.3) is 11.1 Å². The molecule has 0 spiro atoms. The molecule has 0 aliphatic heterocycles. The van der Waals surface area contributed by atoms with E-state index in [2.05, 4.69) is 93.6 Å². The number of allylic oxidation sites excluding steroid dienone is 6. The van der Waals surface area contributed by atoms with Crippen LogP contribution in [0.5, 0.6) is 0 Å². The Morgan fingerprint density at radius 1 is 0.966 bits per heavy atom. The van der Waals surface area contributed by atoms with Crippen LogP contribution in [-0.2, 0) is 37.7 Å². The number of fused-ring (bicyclic) bond motifs is 3. The first-order valence-electron chi connectivity index (χ1n) is 10.8. The fraction of sp³-hybridized carbons (Fsp3) is 0.357. The van der Waals surface area contributed by atoms with Crippen molar-refractivity contribution in [3.63, 3.8) is 0 Å². The Labute approximate surface area is 195 Å². The van der Waals surface area contributed by atoms with E-state index in [1.807, 2.05) is 0 Å². The van der Waals surface area contributed by atoms with Crippen molar-refractivity contribution in [2.45, 2.75) is 58.3 Å². The minimum Gasteiger partial charge on any atom is -0.0859 e. The molecule has 148 valence electrons. The van der Waals surface area contributed by atoms with Gasteiger partial charge in [0, 0.05) is 37.2 Å². The molecule has 0 nitrogen and oxygen atoms in total. The molecule has 0 aromatic heterocycles. The predicted octanol–water partition coefficient (Wildman–Crippen LogP) is 7.78. The van der Waals surface area contributed by atoms with Crippen LogP contribution in [0, 0.1) is 5.92 Å². The van der Waals surface area contributed by atoms with Gasteiger partial charge in [0.15, 0.2) is 0 Å². The summed E-state index contributed by atoms with van der Waals surface area (Å²) in [6.45, 7) is 6.78. The summed E-state index contributed by atoms with van der Waals surface area (Å²) in [5.74, 6) is 0.494. The standard InChI is InChI=1S/C28H32.Hf/c1-4-18-28(19-10-11-21(2)3,23-13-6-7-14-23)27-17-9-16-25-24-15-8-5-12-22(24)20-26(25)27;/h5-9,11-17,23H,4,10,18-20H2,1-3H3;. The summed E-state index contributed by atoms with van der Waals surface area (Å²) in [5.41, 5.74) is 9.14. The van der Waals surface area contributed by atoms with E-state index in [0.29, 0.717) is 5.92 Å². The van der Waals surface area contributed by atoms with Crippen molar-refractivity contribution in [1.29, 1.82) is 0 Å². The third kappa shape index (κ3) is 4.22. The molecule has 0 heterocycles. The number of benzene rings is 2. The van der Waals surface area contributed by atoms with Crippen LogP contribution in [-0.4, -0.2) is 0 Å². The Bertz CT molecular complexity index is 931. The zero-order valence-electron chi connectivity index (χ0n) is 18.0. The van der Waals surface area contributed by atoms with Crippen molar-refractivity contribution in [3.8, 4) is 11.1 Å². The molecule has 4 rings (SSSR count). The predicted molar refractivity (Wildman–Crippen MR) is 122 cm³/mol. The molecule has 2 aliphatic rings. The normalized spacial score (nSPS) is 16.1. The second-order valence-corrected chi connectivity index (χ2v) is 8.69. The maximum Gasteiger partial charge on any atom is 0.00565 e. The van der Waals surface area contributed by atoms with E-state index in [1.165, 1.54) is 41.5 Å². The zero-order valence-corrected chi connectivity index (χ0v) is 21.6. The van der Waals surface area contributed by atoms with Crippen molar-refractivity contribution >= 4 is 0 Å². The van der Waals surface area contributed by atoms with Crippen LogP contribution in [0.1, 0.15) is 63.1 Å². The van der Waals surface area contributed by atoms with Crippen molar-refractivity contribution in [2.24, 2.45) is 5.92 Å². The first-order valence-corrected chi connectivity index (χ1v) is 10.8. The molecule has 0 bridgehead atoms. The maximum atomic E-state index is 2.43. The Balaban J connectivity index is 0.00000240. The summed E-state index contributed by atoms with van der Waals surface area (Å²) in [6.07, 6.45) is 17.6. The summed E-state index contributed by atoms with van der Waals surface area (Å²) in [4.78, 5) is 0. The van der Waals surface area contributed by atoms with Crippen LogP contribution in [0.15, 0.2) is 78.4 Å². The molecule has 0 saturated carbocycles. The van der Waals surface area contributed by atoms with E-state index in [-0.39, 0.29) is 31.3 Å². The van der Waals surface area contributed by atoms with E-state index in [4.69, 9.17) is 0 Å². The van der Waals surface area contributed by atoms with Crippen molar-refractivity contribution in [1.82, 2.24) is 0 Å². The molecule has 2 aromatic carbocycles. The molecule has 0 amide bonds. The van der Waals surface area contributed by atoms with Gasteiger partial charge in [-0.3, -0.25) is 0 Å². The van der Waals surface area contributed by atoms with Crippen LogP contribution in [0.3, 0.4) is 0 Å². The zero-order chi connectivity index (χ0) is 19.6. The number of rotatable bonds is 7. The van der Waals surface area contributed by atoms with E-state index >= 15 is 0 Å². The van der Waals surface area contributed by atoms with E-state index in [0.717, 1.165) is 12.8 Å². The van der Waals surface area contributed by atoms with Gasteiger partial charge < -0.3 is 0 Å². The molecule has 0 radical (unpaired) electrons. The Hall–Kier alpha value is -1.47. The van der Waals surface area contributed by atoms with E-state index in [1.54, 1.807) is 11.1 Å². The minimum atomic E-state index is 0. The van der Waals surface area contributed by atoms with Gasteiger partial charge in [-0.1, -0.05) is 91.8 Å². The molecule has 29 heavy (non-hydrogen) atoms. The topological polar surface area (TPSA) is 0 Å². The molecule has 2 aliphatic carbocycles. The average molecular weight is 547 g/mol. The van der Waals surface area contributed by atoms with E-state index in [9.17, 15) is 0 Å². The second kappa shape index (κ2) is 9.56. The van der Waals surface area contributed by atoms with Crippen molar-refractivity contribution < 1.29 is 25.8 Å². The van der Waals surface area contributed by atoms with Crippen LogP contribution in [0.4, 0.5) is 0 Å². The van der Waals surface area contributed by atoms with Crippen LogP contribution >= 0.6 is 0 Å². The molecule has 2 aromatic rings. The summed E-state index contributed by atoms with van der Waals surface area (Å²) < 4.78 is 0. The van der Waals surface area contributed by atoms with Gasteiger partial charge in [-0.2, -0.15) is 0 Å². The SMILES string of the molecule is CCCC(CCC=C(C)C)(c1cccc2c1Cc1ccccc1-2)C1C=CC=C1.[Hf]. The molecular weight excluding hydrogens is 515 g/mol. The summed E-state index contributed by atoms with van der Waals surface area (Å²) >= 11 is 0. The molecule has 1 atom stereocenters. The van der Waals surface area contributed by atoms with Crippen molar-refractivity contribution in [3.05, 3.63) is 95.1 Å². The molecule has 0 fully saturated rings. The van der Waals surface area contributed by atoms with Gasteiger partial charge in [0.05, 0.1) is 0 Å². The molecule has 1 heteroatoms. The average Bonchev–Trinajstić information content (AvgIpc) is 3.35. The second-order valence-electron chi connectivity index (χ2n) is 8.69. The molecule has 1 unspecified atom stereocenters. The maximum absolute atomic E-state index is 2.43. The third-order valence-corrected chi connectivity index (χ3v) is 6.61. The quantitative estimate of drug-likeness (QED) is 0.210. The molecular formula is C28H32Hf. The third-order valence-electron chi connectivity index (χ3n) is 6.61. The fourth-order valence-electron chi connectivity index (χ4n) is 5.40. The number of hydrogen-bond acceptors (Lipinski definition) is 0. The molecule has 0 saturated heterocycles. The Morgan fingerprint density at radius 2 is 1.69 bits per heavy atom. The van der Waals surface area contributed by atoms with E-state index < -0.39 is 0 Å². The first-order chi connectivity index (χ1) is 13.7. The smallest absolute Gasteiger partial charge is 0.00565 e. The summed E-state index contributed by atoms with van der Waals surface area (Å²) in [5, 5.41) is 0. The first kappa shape index (κ1) is 22.2. The van der Waals surface area contributed by atoms with Gasteiger partial charge in [-0.25, -0.2) is 0 Å². The summed E-state index contributed by atoms with van der Waals surface area (Å²) in [6, 6.07) is 16.0. The van der Waals surface area contributed by atoms with Gasteiger partial charge in [0.1, 0.15) is 0 Å². The van der Waals surface area contributed by atoms with Crippen molar-refractivity contribution in [2.75, 3.05) is 0 Å². The number of hydrogen-bond donors (Lipinski definition) is 0. The largest absolute Gasteiger partial charge is 0.0859 e. The van der Waals surface area contributed by atoms with Crippen LogP contribution < -0.4 is 0 Å². The van der Waals surface area contributed by atoms with Crippen LogP contribution in [0.2, 0.25) is 0 Å².